The molecule has 7 nitrogen and oxygen atoms in total. The van der Waals surface area contributed by atoms with Crippen LogP contribution in [0.25, 0.3) is 6.08 Å². The van der Waals surface area contributed by atoms with Gasteiger partial charge in [-0.2, -0.15) is 0 Å². The molecule has 0 spiro atoms. The fraction of sp³-hybridized carbons (Fsp3) is 0.267. The summed E-state index contributed by atoms with van der Waals surface area (Å²) in [6, 6.07) is 30.8. The van der Waals surface area contributed by atoms with E-state index >= 15 is 0 Å². The molecule has 0 amide bonds. The molecular formula is C30H34N3O4P. The second-order valence-electron chi connectivity index (χ2n) is 8.52. The molecule has 0 saturated heterocycles. The van der Waals surface area contributed by atoms with Crippen LogP contribution in [0.5, 0.6) is 0 Å². The molecule has 0 aliphatic rings. The second-order valence-corrected chi connectivity index (χ2v) is 10.9. The van der Waals surface area contributed by atoms with Crippen molar-refractivity contribution >= 4 is 13.7 Å². The van der Waals surface area contributed by atoms with Gasteiger partial charge in [0, 0.05) is 12.2 Å². The quantitative estimate of drug-likeness (QED) is 0.108. The van der Waals surface area contributed by atoms with Crippen molar-refractivity contribution in [1.29, 1.82) is 0 Å². The van der Waals surface area contributed by atoms with Crippen molar-refractivity contribution in [3.8, 4) is 0 Å². The Morgan fingerprint density at radius 1 is 0.816 bits per heavy atom. The molecule has 0 N–H and O–H groups in total. The molecule has 0 aliphatic carbocycles. The van der Waals surface area contributed by atoms with Gasteiger partial charge in [-0.1, -0.05) is 97.9 Å². The third-order valence-electron chi connectivity index (χ3n) is 6.16. The largest absolute Gasteiger partial charge is 0.496 e. The average molecular weight is 532 g/mol. The first-order valence-electron chi connectivity index (χ1n) is 12.9. The van der Waals surface area contributed by atoms with Crippen LogP contribution in [-0.2, 0) is 23.9 Å². The molecule has 0 saturated carbocycles. The SMILES string of the molecule is CCOC(=Cc1ncn(C(c2ccccc2)(c2ccccc2)c2ccccc2)n1)COP(=O)(CC)OCC. The number of nitrogens with zero attached hydrogens (tertiary/aromatic N) is 3. The number of rotatable bonds is 13. The minimum atomic E-state index is -3.19. The van der Waals surface area contributed by atoms with E-state index in [1.54, 1.807) is 26.3 Å². The van der Waals surface area contributed by atoms with Gasteiger partial charge in [0.1, 0.15) is 24.2 Å². The Morgan fingerprint density at radius 2 is 1.34 bits per heavy atom. The normalized spacial score (nSPS) is 13.7. The van der Waals surface area contributed by atoms with E-state index in [0.717, 1.165) is 16.7 Å². The van der Waals surface area contributed by atoms with Gasteiger partial charge in [0.25, 0.3) is 0 Å². The van der Waals surface area contributed by atoms with Gasteiger partial charge in [-0.25, -0.2) is 9.67 Å². The van der Waals surface area contributed by atoms with E-state index in [4.69, 9.17) is 18.9 Å². The molecule has 1 unspecified atom stereocenters. The van der Waals surface area contributed by atoms with Crippen LogP contribution in [0, 0.1) is 0 Å². The average Bonchev–Trinajstić information content (AvgIpc) is 3.43. The third kappa shape index (κ3) is 5.97. The first-order chi connectivity index (χ1) is 18.6. The van der Waals surface area contributed by atoms with Crippen LogP contribution in [0.2, 0.25) is 0 Å². The fourth-order valence-corrected chi connectivity index (χ4v) is 5.63. The number of hydrogen-bond donors (Lipinski definition) is 0. The van der Waals surface area contributed by atoms with Crippen molar-refractivity contribution in [3.05, 3.63) is 126 Å². The van der Waals surface area contributed by atoms with E-state index in [1.807, 2.05) is 66.2 Å². The molecule has 3 aromatic carbocycles. The Balaban J connectivity index is 1.81. The maximum atomic E-state index is 12.8. The Hall–Kier alpha value is -3.51. The summed E-state index contributed by atoms with van der Waals surface area (Å²) >= 11 is 0. The molecule has 0 aliphatic heterocycles. The molecule has 0 radical (unpaired) electrons. The van der Waals surface area contributed by atoms with Gasteiger partial charge in [0.05, 0.1) is 13.2 Å². The fourth-order valence-electron chi connectivity index (χ4n) is 4.47. The summed E-state index contributed by atoms with van der Waals surface area (Å²) in [4.78, 5) is 4.62. The Bertz CT molecular complexity index is 1260. The van der Waals surface area contributed by atoms with Crippen LogP contribution >= 0.6 is 7.60 Å². The summed E-state index contributed by atoms with van der Waals surface area (Å²) in [5.41, 5.74) is 2.38. The number of hydrogen-bond acceptors (Lipinski definition) is 6. The van der Waals surface area contributed by atoms with Crippen molar-refractivity contribution in [3.63, 3.8) is 0 Å². The third-order valence-corrected chi connectivity index (χ3v) is 8.11. The second kappa shape index (κ2) is 12.8. The molecule has 1 atom stereocenters. The lowest BCUT2D eigenvalue weighted by Gasteiger charge is -2.35. The molecular weight excluding hydrogens is 497 g/mol. The highest BCUT2D eigenvalue weighted by Crippen LogP contribution is 2.48. The zero-order valence-corrected chi connectivity index (χ0v) is 23.0. The summed E-state index contributed by atoms with van der Waals surface area (Å²) in [6.45, 7) is 6.18. The minimum Gasteiger partial charge on any atom is -0.496 e. The van der Waals surface area contributed by atoms with Crippen LogP contribution in [-0.4, -0.2) is 40.7 Å². The zero-order chi connectivity index (χ0) is 26.8. The lowest BCUT2D eigenvalue weighted by Crippen LogP contribution is -2.38. The highest BCUT2D eigenvalue weighted by atomic mass is 31.2. The van der Waals surface area contributed by atoms with Crippen molar-refractivity contribution < 1.29 is 18.3 Å². The predicted molar refractivity (Wildman–Crippen MR) is 150 cm³/mol. The van der Waals surface area contributed by atoms with Crippen molar-refractivity contribution in [1.82, 2.24) is 14.8 Å². The van der Waals surface area contributed by atoms with Gasteiger partial charge < -0.3 is 13.8 Å². The Kier molecular flexibility index (Phi) is 9.29. The van der Waals surface area contributed by atoms with Crippen molar-refractivity contribution in [2.75, 3.05) is 26.0 Å². The van der Waals surface area contributed by atoms with E-state index in [2.05, 4.69) is 41.4 Å². The number of ether oxygens (including phenoxy) is 1. The minimum absolute atomic E-state index is 0.00526. The standard InChI is InChI=1S/C30H34N3O4P/c1-4-35-28(23-37-38(34,6-3)36-5-2)22-29-31-24-33(32-29)30(25-16-10-7-11-17-25,26-18-12-8-13-19-26)27-20-14-9-15-21-27/h7-22,24H,4-6,23H2,1-3H3. The van der Waals surface area contributed by atoms with Crippen LogP contribution in [0.3, 0.4) is 0 Å². The maximum Gasteiger partial charge on any atom is 0.330 e. The van der Waals surface area contributed by atoms with E-state index in [0.29, 0.717) is 24.8 Å². The predicted octanol–water partition coefficient (Wildman–Crippen LogP) is 6.76. The molecule has 0 fully saturated rings. The van der Waals surface area contributed by atoms with Crippen molar-refractivity contribution in [2.24, 2.45) is 0 Å². The van der Waals surface area contributed by atoms with Gasteiger partial charge in [0.2, 0.25) is 0 Å². The number of benzene rings is 3. The summed E-state index contributed by atoms with van der Waals surface area (Å²) < 4.78 is 31.5. The Morgan fingerprint density at radius 3 is 1.79 bits per heavy atom. The highest BCUT2D eigenvalue weighted by Gasteiger charge is 2.39. The van der Waals surface area contributed by atoms with Crippen LogP contribution in [0.1, 0.15) is 43.3 Å². The number of aromatic nitrogens is 3. The lowest BCUT2D eigenvalue weighted by molar-refractivity contribution is 0.162. The monoisotopic (exact) mass is 531 g/mol. The molecule has 1 aromatic heterocycles. The molecule has 198 valence electrons. The van der Waals surface area contributed by atoms with Gasteiger partial charge in [-0.3, -0.25) is 4.57 Å². The molecule has 38 heavy (non-hydrogen) atoms. The summed E-state index contributed by atoms with van der Waals surface area (Å²) in [7, 11) is -3.19. The van der Waals surface area contributed by atoms with Gasteiger partial charge in [-0.15, -0.1) is 5.10 Å². The van der Waals surface area contributed by atoms with Gasteiger partial charge in [-0.05, 0) is 30.5 Å². The Labute approximate surface area is 224 Å². The zero-order valence-electron chi connectivity index (χ0n) is 22.1. The summed E-state index contributed by atoms with van der Waals surface area (Å²) in [5.74, 6) is 0.926. The maximum absolute atomic E-state index is 12.8. The van der Waals surface area contributed by atoms with E-state index < -0.39 is 13.1 Å². The first-order valence-corrected chi connectivity index (χ1v) is 14.6. The highest BCUT2D eigenvalue weighted by molar-refractivity contribution is 7.53. The van der Waals surface area contributed by atoms with Crippen LogP contribution in [0.15, 0.2) is 103 Å². The molecule has 1 heterocycles. The summed E-state index contributed by atoms with van der Waals surface area (Å²) in [6.07, 6.45) is 3.74. The van der Waals surface area contributed by atoms with E-state index in [9.17, 15) is 4.57 Å². The van der Waals surface area contributed by atoms with Crippen LogP contribution in [0.4, 0.5) is 0 Å². The molecule has 0 bridgehead atoms. The topological polar surface area (TPSA) is 75.5 Å². The molecule has 8 heteroatoms. The first kappa shape index (κ1) is 27.5. The van der Waals surface area contributed by atoms with Crippen LogP contribution < -0.4 is 0 Å². The van der Waals surface area contributed by atoms with Gasteiger partial charge in [0.15, 0.2) is 5.82 Å². The van der Waals surface area contributed by atoms with Gasteiger partial charge >= 0.3 is 7.60 Å². The molecule has 4 aromatic rings. The summed E-state index contributed by atoms with van der Waals surface area (Å²) in [5, 5.41) is 4.93. The molecule has 4 rings (SSSR count). The van der Waals surface area contributed by atoms with E-state index in [-0.39, 0.29) is 12.8 Å². The van der Waals surface area contributed by atoms with Crippen molar-refractivity contribution in [2.45, 2.75) is 26.3 Å². The smallest absolute Gasteiger partial charge is 0.330 e. The van der Waals surface area contributed by atoms with E-state index in [1.165, 1.54) is 0 Å². The lowest BCUT2D eigenvalue weighted by atomic mass is 9.77.